The minimum atomic E-state index is -0.820. The van der Waals surface area contributed by atoms with Crippen LogP contribution in [0.25, 0.3) is 0 Å². The molecule has 43 heavy (non-hydrogen) atoms. The van der Waals surface area contributed by atoms with E-state index < -0.39 is 15.8 Å². The van der Waals surface area contributed by atoms with Gasteiger partial charge in [0.25, 0.3) is 0 Å². The van der Waals surface area contributed by atoms with Crippen molar-refractivity contribution in [2.45, 2.75) is 32.6 Å². The predicted molar refractivity (Wildman–Crippen MR) is 187 cm³/mol. The van der Waals surface area contributed by atoms with Crippen molar-refractivity contribution in [2.75, 3.05) is 0 Å². The van der Waals surface area contributed by atoms with Gasteiger partial charge in [-0.2, -0.15) is 0 Å². The van der Waals surface area contributed by atoms with Crippen LogP contribution < -0.4 is 31.3 Å². The molecule has 5 aromatic carbocycles. The minimum Gasteiger partial charge on any atom is -0.455 e. The lowest BCUT2D eigenvalue weighted by Gasteiger charge is -2.39. The van der Waals surface area contributed by atoms with Gasteiger partial charge in [-0.1, -0.05) is 166 Å². The van der Waals surface area contributed by atoms with Crippen LogP contribution >= 0.6 is 15.8 Å². The fourth-order valence-corrected chi connectivity index (χ4v) is 11.6. The van der Waals surface area contributed by atoms with Crippen molar-refractivity contribution in [1.29, 1.82) is 0 Å². The Hall–Kier alpha value is -3.76. The van der Waals surface area contributed by atoms with Gasteiger partial charge in [0.1, 0.15) is 11.5 Å². The number of ether oxygens (including phenoxy) is 1. The van der Waals surface area contributed by atoms with Crippen molar-refractivity contribution in [3.63, 3.8) is 0 Å². The smallest absolute Gasteiger partial charge is 0.139 e. The number of rotatable bonds is 6. The van der Waals surface area contributed by atoms with Crippen molar-refractivity contribution < 1.29 is 4.74 Å². The molecule has 0 N–H and O–H groups in total. The molecule has 1 aliphatic heterocycles. The van der Waals surface area contributed by atoms with Crippen LogP contribution in [0.5, 0.6) is 11.5 Å². The molecule has 1 aliphatic carbocycles. The van der Waals surface area contributed by atoms with Crippen molar-refractivity contribution >= 4 is 42.4 Å². The summed E-state index contributed by atoms with van der Waals surface area (Å²) in [6, 6.07) is 46.6. The van der Waals surface area contributed by atoms with E-state index in [4.69, 9.17) is 4.74 Å². The summed E-state index contributed by atoms with van der Waals surface area (Å²) in [5.41, 5.74) is 2.31. The normalized spacial score (nSPS) is 17.4. The number of hydrogen-bond acceptors (Lipinski definition) is 1. The molecule has 0 amide bonds. The Morgan fingerprint density at radius 2 is 1.05 bits per heavy atom. The Kier molecular flexibility index (Phi) is 7.65. The molecular weight excluding hydrogens is 558 g/mol. The average Bonchev–Trinajstić information content (AvgIpc) is 3.04. The van der Waals surface area contributed by atoms with E-state index in [2.05, 4.69) is 166 Å². The van der Waals surface area contributed by atoms with Gasteiger partial charge in [0, 0.05) is 27.2 Å². The molecular formula is C40H36OP2. The van der Waals surface area contributed by atoms with Crippen LogP contribution in [-0.2, 0) is 5.41 Å². The number of para-hydroxylation sites is 2. The first-order valence-corrected chi connectivity index (χ1v) is 17.8. The SMILES string of the molecule is CC1CC=CC=C1P(c1ccccc1)c1cccc2c1Oc1c(P(c3ccccc3)c3ccccc3)cccc1C2(C)C. The molecule has 1 heterocycles. The summed E-state index contributed by atoms with van der Waals surface area (Å²) in [6.07, 6.45) is 7.98. The van der Waals surface area contributed by atoms with Crippen LogP contribution in [0.3, 0.4) is 0 Å². The summed E-state index contributed by atoms with van der Waals surface area (Å²) in [6.45, 7) is 7.10. The summed E-state index contributed by atoms with van der Waals surface area (Å²) in [4.78, 5) is 0. The third-order valence-electron chi connectivity index (χ3n) is 8.72. The maximum absolute atomic E-state index is 7.31. The molecule has 0 aromatic heterocycles. The van der Waals surface area contributed by atoms with Gasteiger partial charge in [0.15, 0.2) is 0 Å². The molecule has 2 aliphatic rings. The molecule has 0 fully saturated rings. The lowest BCUT2D eigenvalue weighted by molar-refractivity contribution is 0.425. The molecule has 0 radical (unpaired) electrons. The standard InChI is InChI=1S/C40H36OP2/c1-29-17-13-14-26-35(29)43(32-22-11-6-12-23-32)37-28-16-25-34-39(37)41-38-33(40(34,2)3)24-15-27-36(38)42(30-18-7-4-8-19-30)31-20-9-5-10-21-31/h4-16,18-29H,17H2,1-3H3. The fourth-order valence-electron chi connectivity index (χ4n) is 6.46. The van der Waals surface area contributed by atoms with Gasteiger partial charge >= 0.3 is 0 Å². The van der Waals surface area contributed by atoms with E-state index in [-0.39, 0.29) is 5.41 Å². The zero-order valence-electron chi connectivity index (χ0n) is 24.9. The van der Waals surface area contributed by atoms with Gasteiger partial charge in [-0.3, -0.25) is 0 Å². The molecule has 2 atom stereocenters. The topological polar surface area (TPSA) is 9.23 Å². The number of benzene rings is 5. The Labute approximate surface area is 258 Å². The molecule has 1 nitrogen and oxygen atoms in total. The molecule has 0 saturated carbocycles. The summed E-state index contributed by atoms with van der Waals surface area (Å²) < 4.78 is 7.31. The van der Waals surface area contributed by atoms with Crippen LogP contribution in [0.1, 0.15) is 38.3 Å². The Bertz CT molecular complexity index is 1770. The quantitative estimate of drug-likeness (QED) is 0.179. The lowest BCUT2D eigenvalue weighted by atomic mass is 9.76. The van der Waals surface area contributed by atoms with Crippen LogP contribution in [0.15, 0.2) is 151 Å². The maximum atomic E-state index is 7.31. The van der Waals surface area contributed by atoms with Crippen LogP contribution in [0.2, 0.25) is 0 Å². The lowest BCUT2D eigenvalue weighted by Crippen LogP contribution is -2.32. The zero-order chi connectivity index (χ0) is 29.4. The first-order valence-electron chi connectivity index (χ1n) is 15.1. The highest BCUT2D eigenvalue weighted by Gasteiger charge is 2.39. The summed E-state index contributed by atoms with van der Waals surface area (Å²) >= 11 is 0. The Balaban J connectivity index is 1.45. The summed E-state index contributed by atoms with van der Waals surface area (Å²) in [7, 11) is -1.60. The van der Waals surface area contributed by atoms with Crippen molar-refractivity contribution in [3.05, 3.63) is 162 Å². The monoisotopic (exact) mass is 594 g/mol. The number of hydrogen-bond donors (Lipinski definition) is 0. The van der Waals surface area contributed by atoms with Crippen LogP contribution in [0.4, 0.5) is 0 Å². The first-order chi connectivity index (χ1) is 21.0. The van der Waals surface area contributed by atoms with E-state index in [1.165, 1.54) is 43.0 Å². The van der Waals surface area contributed by atoms with Gasteiger partial charge in [-0.05, 0) is 49.4 Å². The summed E-state index contributed by atoms with van der Waals surface area (Å²) in [5, 5.41) is 8.12. The molecule has 0 saturated heterocycles. The minimum absolute atomic E-state index is 0.215. The second kappa shape index (κ2) is 11.7. The van der Waals surface area contributed by atoms with E-state index in [1.54, 1.807) is 0 Å². The molecule has 5 aromatic rings. The molecule has 0 bridgehead atoms. The highest BCUT2D eigenvalue weighted by atomic mass is 31.1. The van der Waals surface area contributed by atoms with E-state index in [9.17, 15) is 0 Å². The molecule has 2 unspecified atom stereocenters. The van der Waals surface area contributed by atoms with E-state index in [0.717, 1.165) is 17.9 Å². The number of fused-ring (bicyclic) bond motifs is 2. The van der Waals surface area contributed by atoms with E-state index >= 15 is 0 Å². The van der Waals surface area contributed by atoms with Crippen LogP contribution in [0, 0.1) is 5.92 Å². The highest BCUT2D eigenvalue weighted by molar-refractivity contribution is 7.80. The van der Waals surface area contributed by atoms with Gasteiger partial charge in [0.2, 0.25) is 0 Å². The second-order valence-electron chi connectivity index (χ2n) is 11.9. The molecule has 7 rings (SSSR count). The zero-order valence-corrected chi connectivity index (χ0v) is 26.7. The largest absolute Gasteiger partial charge is 0.455 e. The second-order valence-corrected chi connectivity index (χ2v) is 16.2. The van der Waals surface area contributed by atoms with Crippen molar-refractivity contribution in [3.8, 4) is 11.5 Å². The van der Waals surface area contributed by atoms with Crippen molar-refractivity contribution in [2.24, 2.45) is 5.92 Å². The van der Waals surface area contributed by atoms with Gasteiger partial charge in [0.05, 0.1) is 0 Å². The van der Waals surface area contributed by atoms with Crippen molar-refractivity contribution in [1.82, 2.24) is 0 Å². The molecule has 3 heteroatoms. The predicted octanol–water partition coefficient (Wildman–Crippen LogP) is 8.79. The van der Waals surface area contributed by atoms with E-state index in [1.807, 2.05) is 0 Å². The summed E-state index contributed by atoms with van der Waals surface area (Å²) in [5.74, 6) is 2.55. The molecule has 0 spiro atoms. The molecule has 212 valence electrons. The highest BCUT2D eigenvalue weighted by Crippen LogP contribution is 2.55. The third-order valence-corrected chi connectivity index (χ3v) is 13.9. The maximum Gasteiger partial charge on any atom is 0.139 e. The van der Waals surface area contributed by atoms with Gasteiger partial charge in [-0.25, -0.2) is 0 Å². The number of allylic oxidation sites excluding steroid dienone is 4. The van der Waals surface area contributed by atoms with E-state index in [0.29, 0.717) is 5.92 Å². The van der Waals surface area contributed by atoms with Crippen LogP contribution in [-0.4, -0.2) is 0 Å². The van der Waals surface area contributed by atoms with Gasteiger partial charge < -0.3 is 4.74 Å². The fraction of sp³-hybridized carbons (Fsp3) is 0.150. The Morgan fingerprint density at radius 1 is 0.581 bits per heavy atom. The van der Waals surface area contributed by atoms with Gasteiger partial charge in [-0.15, -0.1) is 0 Å². The average molecular weight is 595 g/mol. The first kappa shape index (κ1) is 28.0. The Morgan fingerprint density at radius 3 is 1.53 bits per heavy atom. The third kappa shape index (κ3) is 5.10.